The first kappa shape index (κ1) is 13.0. The first-order valence-electron chi connectivity index (χ1n) is 6.23. The largest absolute Gasteiger partial charge is 0.472 e. The van der Waals surface area contributed by atoms with Crippen molar-refractivity contribution >= 4 is 11.5 Å². The SMILES string of the molecule is C=C(c1cncnc1)N(N)c1ccc(-c2ccoc2)cn1. The first-order chi connectivity index (χ1) is 10.3. The highest BCUT2D eigenvalue weighted by Crippen LogP contribution is 2.23. The second kappa shape index (κ2) is 5.56. The fraction of sp³-hybridized carbons (Fsp3) is 0. The highest BCUT2D eigenvalue weighted by atomic mass is 16.3. The molecule has 104 valence electrons. The maximum Gasteiger partial charge on any atom is 0.147 e. The van der Waals surface area contributed by atoms with Gasteiger partial charge in [-0.1, -0.05) is 6.58 Å². The van der Waals surface area contributed by atoms with Crippen LogP contribution in [0.15, 0.2) is 66.6 Å². The van der Waals surface area contributed by atoms with Crippen molar-refractivity contribution < 1.29 is 4.42 Å². The molecule has 0 aromatic carbocycles. The van der Waals surface area contributed by atoms with Crippen molar-refractivity contribution in [1.29, 1.82) is 0 Å². The molecule has 0 saturated heterocycles. The summed E-state index contributed by atoms with van der Waals surface area (Å²) in [6, 6.07) is 5.61. The van der Waals surface area contributed by atoms with E-state index in [1.807, 2.05) is 18.2 Å². The number of furan rings is 1. The van der Waals surface area contributed by atoms with E-state index in [9.17, 15) is 0 Å². The van der Waals surface area contributed by atoms with Crippen LogP contribution in [0.3, 0.4) is 0 Å². The fourth-order valence-electron chi connectivity index (χ4n) is 1.85. The number of pyridine rings is 1. The Morgan fingerprint density at radius 2 is 1.90 bits per heavy atom. The molecule has 0 radical (unpaired) electrons. The molecule has 0 amide bonds. The summed E-state index contributed by atoms with van der Waals surface area (Å²) in [7, 11) is 0. The van der Waals surface area contributed by atoms with Crippen LogP contribution in [0.5, 0.6) is 0 Å². The van der Waals surface area contributed by atoms with Crippen molar-refractivity contribution in [3.05, 3.63) is 67.8 Å². The van der Waals surface area contributed by atoms with E-state index >= 15 is 0 Å². The second-order valence-corrected chi connectivity index (χ2v) is 4.36. The molecule has 3 heterocycles. The van der Waals surface area contributed by atoms with Crippen molar-refractivity contribution in [3.63, 3.8) is 0 Å². The van der Waals surface area contributed by atoms with Gasteiger partial charge in [0, 0.05) is 35.3 Å². The quantitative estimate of drug-likeness (QED) is 0.583. The van der Waals surface area contributed by atoms with Gasteiger partial charge in [0.1, 0.15) is 12.1 Å². The van der Waals surface area contributed by atoms with Crippen LogP contribution >= 0.6 is 0 Å². The molecular formula is C15H13N5O. The minimum atomic E-state index is 0.569. The number of hydrogen-bond donors (Lipinski definition) is 1. The van der Waals surface area contributed by atoms with E-state index in [-0.39, 0.29) is 0 Å². The molecule has 0 aliphatic heterocycles. The van der Waals surface area contributed by atoms with E-state index in [1.165, 1.54) is 11.3 Å². The van der Waals surface area contributed by atoms with Gasteiger partial charge in [-0.2, -0.15) is 0 Å². The number of hydrazine groups is 1. The lowest BCUT2D eigenvalue weighted by atomic mass is 10.1. The summed E-state index contributed by atoms with van der Waals surface area (Å²) in [5.41, 5.74) is 3.22. The van der Waals surface area contributed by atoms with Gasteiger partial charge in [-0.15, -0.1) is 0 Å². The minimum absolute atomic E-state index is 0.569. The second-order valence-electron chi connectivity index (χ2n) is 4.36. The van der Waals surface area contributed by atoms with Gasteiger partial charge in [-0.3, -0.25) is 5.01 Å². The highest BCUT2D eigenvalue weighted by molar-refractivity contribution is 5.75. The van der Waals surface area contributed by atoms with Crippen LogP contribution < -0.4 is 10.9 Å². The van der Waals surface area contributed by atoms with E-state index in [0.29, 0.717) is 11.5 Å². The number of nitrogens with zero attached hydrogens (tertiary/aromatic N) is 4. The maximum absolute atomic E-state index is 6.04. The molecule has 2 N–H and O–H groups in total. The Balaban J connectivity index is 1.82. The smallest absolute Gasteiger partial charge is 0.147 e. The molecule has 0 saturated carbocycles. The van der Waals surface area contributed by atoms with Crippen LogP contribution in [0.4, 0.5) is 5.82 Å². The van der Waals surface area contributed by atoms with Crippen LogP contribution in [0.25, 0.3) is 16.8 Å². The van der Waals surface area contributed by atoms with Crippen LogP contribution in [0.2, 0.25) is 0 Å². The zero-order valence-corrected chi connectivity index (χ0v) is 11.2. The van der Waals surface area contributed by atoms with E-state index in [2.05, 4.69) is 21.5 Å². The minimum Gasteiger partial charge on any atom is -0.472 e. The van der Waals surface area contributed by atoms with E-state index in [0.717, 1.165) is 16.7 Å². The summed E-state index contributed by atoms with van der Waals surface area (Å²) in [4.78, 5) is 12.2. The van der Waals surface area contributed by atoms with Crippen molar-refractivity contribution in [2.45, 2.75) is 0 Å². The lowest BCUT2D eigenvalue weighted by Gasteiger charge is -2.19. The topological polar surface area (TPSA) is 81.1 Å². The van der Waals surface area contributed by atoms with Crippen LogP contribution in [0.1, 0.15) is 5.56 Å². The molecule has 6 heteroatoms. The summed E-state index contributed by atoms with van der Waals surface area (Å²) in [5, 5.41) is 1.40. The molecule has 0 fully saturated rings. The Morgan fingerprint density at radius 3 is 2.52 bits per heavy atom. The normalized spacial score (nSPS) is 10.3. The van der Waals surface area contributed by atoms with Gasteiger partial charge in [0.25, 0.3) is 0 Å². The first-order valence-corrected chi connectivity index (χ1v) is 6.23. The molecule has 21 heavy (non-hydrogen) atoms. The Hall–Kier alpha value is -2.99. The maximum atomic E-state index is 6.04. The molecule has 6 nitrogen and oxygen atoms in total. The number of hydrogen-bond acceptors (Lipinski definition) is 6. The van der Waals surface area contributed by atoms with Gasteiger partial charge >= 0.3 is 0 Å². The molecular weight excluding hydrogens is 266 g/mol. The highest BCUT2D eigenvalue weighted by Gasteiger charge is 2.10. The van der Waals surface area contributed by atoms with Gasteiger partial charge in [-0.25, -0.2) is 20.8 Å². The lowest BCUT2D eigenvalue weighted by molar-refractivity contribution is 0.568. The third kappa shape index (κ3) is 2.65. The molecule has 0 bridgehead atoms. The van der Waals surface area contributed by atoms with Crippen LogP contribution in [-0.2, 0) is 0 Å². The van der Waals surface area contributed by atoms with E-state index in [1.54, 1.807) is 31.1 Å². The third-order valence-corrected chi connectivity index (χ3v) is 3.03. The molecule has 0 aliphatic carbocycles. The summed E-state index contributed by atoms with van der Waals surface area (Å²) in [6.07, 6.45) is 9.77. The number of aromatic nitrogens is 3. The van der Waals surface area contributed by atoms with Gasteiger partial charge < -0.3 is 4.42 Å². The van der Waals surface area contributed by atoms with E-state index < -0.39 is 0 Å². The Bertz CT molecular complexity index is 723. The Kier molecular flexibility index (Phi) is 3.44. The molecule has 3 rings (SSSR count). The number of anilines is 1. The predicted molar refractivity (Wildman–Crippen MR) is 79.7 cm³/mol. The molecule has 0 aliphatic rings. The molecule has 0 spiro atoms. The van der Waals surface area contributed by atoms with Crippen molar-refractivity contribution in [1.82, 2.24) is 15.0 Å². The molecule has 0 atom stereocenters. The van der Waals surface area contributed by atoms with Gasteiger partial charge in [0.15, 0.2) is 0 Å². The van der Waals surface area contributed by atoms with Crippen molar-refractivity contribution in [3.8, 4) is 11.1 Å². The average Bonchev–Trinajstić information content (AvgIpc) is 3.09. The molecule has 0 unspecified atom stereocenters. The van der Waals surface area contributed by atoms with Crippen molar-refractivity contribution in [2.24, 2.45) is 5.84 Å². The summed E-state index contributed by atoms with van der Waals surface area (Å²) < 4.78 is 5.05. The lowest BCUT2D eigenvalue weighted by Crippen LogP contribution is -2.29. The van der Waals surface area contributed by atoms with Gasteiger partial charge in [0.05, 0.1) is 18.2 Å². The Morgan fingerprint density at radius 1 is 1.10 bits per heavy atom. The summed E-state index contributed by atoms with van der Waals surface area (Å²) in [5.74, 6) is 6.62. The van der Waals surface area contributed by atoms with Crippen LogP contribution in [0, 0.1) is 0 Å². The summed E-state index contributed by atoms with van der Waals surface area (Å²) in [6.45, 7) is 3.94. The summed E-state index contributed by atoms with van der Waals surface area (Å²) >= 11 is 0. The standard InChI is InChI=1S/C15H13N5O/c1-11(14-6-17-10-18-7-14)20(16)15-3-2-12(8-19-15)13-4-5-21-9-13/h2-10H,1,16H2. The van der Waals surface area contributed by atoms with E-state index in [4.69, 9.17) is 10.3 Å². The fourth-order valence-corrected chi connectivity index (χ4v) is 1.85. The van der Waals surface area contributed by atoms with Crippen LogP contribution in [-0.4, -0.2) is 15.0 Å². The van der Waals surface area contributed by atoms with Gasteiger partial charge in [0.2, 0.25) is 0 Å². The number of nitrogens with two attached hydrogens (primary N) is 1. The third-order valence-electron chi connectivity index (χ3n) is 3.03. The van der Waals surface area contributed by atoms with Crippen molar-refractivity contribution in [2.75, 3.05) is 5.01 Å². The van der Waals surface area contributed by atoms with Gasteiger partial charge in [-0.05, 0) is 18.2 Å². The Labute approximate surface area is 121 Å². The zero-order valence-electron chi connectivity index (χ0n) is 11.2. The average molecular weight is 279 g/mol. The predicted octanol–water partition coefficient (Wildman–Crippen LogP) is 2.48. The molecule has 3 aromatic rings. The monoisotopic (exact) mass is 279 g/mol. The number of rotatable bonds is 4. The zero-order chi connectivity index (χ0) is 14.7. The molecule has 3 aromatic heterocycles.